The fourth-order valence-corrected chi connectivity index (χ4v) is 3.65. The first-order valence-electron chi connectivity index (χ1n) is 7.35. The maximum absolute atomic E-state index is 12.4. The summed E-state index contributed by atoms with van der Waals surface area (Å²) in [6, 6.07) is 4.44. The first-order valence-corrected chi connectivity index (χ1v) is 8.84. The Morgan fingerprint density at radius 2 is 2.18 bits per heavy atom. The van der Waals surface area contributed by atoms with Crippen molar-refractivity contribution in [2.45, 2.75) is 51.2 Å². The number of benzene rings is 1. The summed E-state index contributed by atoms with van der Waals surface area (Å²) in [6.07, 6.45) is 0.571. The Kier molecular flexibility index (Phi) is 4.77. The number of hydrogen-bond acceptors (Lipinski definition) is 4. The molecule has 0 spiro atoms. The van der Waals surface area contributed by atoms with Crippen molar-refractivity contribution in [2.24, 2.45) is 0 Å². The van der Waals surface area contributed by atoms with E-state index in [0.717, 1.165) is 0 Å². The van der Waals surface area contributed by atoms with Crippen LogP contribution in [0.25, 0.3) is 0 Å². The van der Waals surface area contributed by atoms with E-state index in [9.17, 15) is 13.2 Å². The molecule has 0 aromatic heterocycles. The smallest absolute Gasteiger partial charge is 0.240 e. The third kappa shape index (κ3) is 3.41. The first-order chi connectivity index (χ1) is 10.2. The molecule has 0 saturated carbocycles. The lowest BCUT2D eigenvalue weighted by atomic mass is 10.2. The number of carbonyl (C=O) groups is 1. The van der Waals surface area contributed by atoms with Crippen LogP contribution in [-0.4, -0.2) is 33.0 Å². The minimum atomic E-state index is -3.61. The molecule has 1 aliphatic heterocycles. The highest BCUT2D eigenvalue weighted by Gasteiger charge is 2.28. The van der Waals surface area contributed by atoms with E-state index >= 15 is 0 Å². The van der Waals surface area contributed by atoms with Gasteiger partial charge in [-0.15, -0.1) is 0 Å². The Morgan fingerprint density at radius 1 is 1.50 bits per heavy atom. The lowest BCUT2D eigenvalue weighted by Gasteiger charge is -2.33. The van der Waals surface area contributed by atoms with Crippen molar-refractivity contribution in [1.82, 2.24) is 4.72 Å². The average molecular weight is 326 g/mol. The molecule has 1 heterocycles. The number of rotatable bonds is 4. The maximum atomic E-state index is 12.4. The molecule has 1 aromatic carbocycles. The van der Waals surface area contributed by atoms with E-state index < -0.39 is 10.0 Å². The molecule has 0 aliphatic carbocycles. The molecule has 1 N–H and O–H groups in total. The largest absolute Gasteiger partial charge is 0.487 e. The minimum Gasteiger partial charge on any atom is -0.487 e. The van der Waals surface area contributed by atoms with E-state index in [-0.39, 0.29) is 22.9 Å². The van der Waals surface area contributed by atoms with Crippen LogP contribution in [0.1, 0.15) is 34.1 Å². The Hall–Kier alpha value is -1.60. The number of fused-ring (bicyclic) bond motifs is 1. The second-order valence-corrected chi connectivity index (χ2v) is 7.33. The summed E-state index contributed by atoms with van der Waals surface area (Å²) in [5.74, 6) is 0.386. The highest BCUT2D eigenvalue weighted by Crippen LogP contribution is 2.35. The Labute approximate surface area is 131 Å². The van der Waals surface area contributed by atoms with Gasteiger partial charge in [0.15, 0.2) is 0 Å². The van der Waals surface area contributed by atoms with Crippen molar-refractivity contribution >= 4 is 21.6 Å². The number of carbonyl (C=O) groups excluding carboxylic acids is 1. The second kappa shape index (κ2) is 6.26. The number of sulfonamides is 1. The zero-order chi connectivity index (χ0) is 16.5. The third-order valence-electron chi connectivity index (χ3n) is 3.65. The molecule has 122 valence electrons. The molecular weight excluding hydrogens is 304 g/mol. The van der Waals surface area contributed by atoms with Crippen molar-refractivity contribution in [3.05, 3.63) is 18.2 Å². The summed E-state index contributed by atoms with van der Waals surface area (Å²) < 4.78 is 33.0. The predicted octanol–water partition coefficient (Wildman–Crippen LogP) is 1.90. The predicted molar refractivity (Wildman–Crippen MR) is 84.6 cm³/mol. The van der Waals surface area contributed by atoms with Crippen LogP contribution in [0.15, 0.2) is 23.1 Å². The van der Waals surface area contributed by atoms with E-state index in [0.29, 0.717) is 24.4 Å². The normalized spacial score (nSPS) is 19.3. The van der Waals surface area contributed by atoms with Crippen LogP contribution < -0.4 is 14.4 Å². The van der Waals surface area contributed by atoms with Gasteiger partial charge in [0, 0.05) is 13.0 Å². The SMILES string of the molecule is CCC(C)NS(=O)(=O)c1ccc2c(c1)N(C(C)=O)CC(C)O2. The van der Waals surface area contributed by atoms with E-state index in [4.69, 9.17) is 4.74 Å². The summed E-state index contributed by atoms with van der Waals surface area (Å²) in [4.78, 5) is 13.5. The summed E-state index contributed by atoms with van der Waals surface area (Å²) in [5, 5.41) is 0. The van der Waals surface area contributed by atoms with Crippen LogP contribution in [0, 0.1) is 0 Å². The van der Waals surface area contributed by atoms with Gasteiger partial charge >= 0.3 is 0 Å². The van der Waals surface area contributed by atoms with Crippen molar-refractivity contribution < 1.29 is 17.9 Å². The van der Waals surface area contributed by atoms with Crippen LogP contribution in [0.2, 0.25) is 0 Å². The molecule has 22 heavy (non-hydrogen) atoms. The summed E-state index contributed by atoms with van der Waals surface area (Å²) in [7, 11) is -3.61. The summed E-state index contributed by atoms with van der Waals surface area (Å²) in [5.41, 5.74) is 0.498. The molecule has 2 rings (SSSR count). The van der Waals surface area contributed by atoms with Gasteiger partial charge in [0.2, 0.25) is 15.9 Å². The maximum Gasteiger partial charge on any atom is 0.240 e. The quantitative estimate of drug-likeness (QED) is 0.917. The fraction of sp³-hybridized carbons (Fsp3) is 0.533. The molecule has 7 heteroatoms. The highest BCUT2D eigenvalue weighted by molar-refractivity contribution is 7.89. The van der Waals surface area contributed by atoms with Gasteiger partial charge in [-0.3, -0.25) is 4.79 Å². The third-order valence-corrected chi connectivity index (χ3v) is 5.24. The van der Waals surface area contributed by atoms with Gasteiger partial charge < -0.3 is 9.64 Å². The van der Waals surface area contributed by atoms with Gasteiger partial charge in [0.25, 0.3) is 0 Å². The number of anilines is 1. The van der Waals surface area contributed by atoms with Gasteiger partial charge in [-0.05, 0) is 38.5 Å². The lowest BCUT2D eigenvalue weighted by Crippen LogP contribution is -2.41. The molecule has 1 aliphatic rings. The van der Waals surface area contributed by atoms with Gasteiger partial charge in [0.1, 0.15) is 11.9 Å². The Bertz CT molecular complexity index is 672. The fourth-order valence-electron chi connectivity index (χ4n) is 2.30. The van der Waals surface area contributed by atoms with Gasteiger partial charge in [-0.2, -0.15) is 0 Å². The van der Waals surface area contributed by atoms with Gasteiger partial charge in [-0.25, -0.2) is 13.1 Å². The van der Waals surface area contributed by atoms with Crippen molar-refractivity contribution in [3.63, 3.8) is 0 Å². The molecular formula is C15H22N2O4S. The van der Waals surface area contributed by atoms with Crippen LogP contribution in [0.5, 0.6) is 5.75 Å². The van der Waals surface area contributed by atoms with Crippen molar-refractivity contribution in [2.75, 3.05) is 11.4 Å². The molecule has 2 unspecified atom stereocenters. The van der Waals surface area contributed by atoms with Crippen LogP contribution in [-0.2, 0) is 14.8 Å². The lowest BCUT2D eigenvalue weighted by molar-refractivity contribution is -0.117. The van der Waals surface area contributed by atoms with Gasteiger partial charge in [0.05, 0.1) is 17.1 Å². The first kappa shape index (κ1) is 16.8. The highest BCUT2D eigenvalue weighted by atomic mass is 32.2. The molecule has 0 fully saturated rings. The van der Waals surface area contributed by atoms with Crippen molar-refractivity contribution in [1.29, 1.82) is 0 Å². The number of ether oxygens (including phenoxy) is 1. The number of nitrogens with zero attached hydrogens (tertiary/aromatic N) is 1. The van der Waals surface area contributed by atoms with Crippen LogP contribution in [0.3, 0.4) is 0 Å². The van der Waals surface area contributed by atoms with E-state index in [1.807, 2.05) is 20.8 Å². The zero-order valence-electron chi connectivity index (χ0n) is 13.3. The average Bonchev–Trinajstić information content (AvgIpc) is 2.45. The molecule has 1 amide bonds. The summed E-state index contributed by atoms with van der Waals surface area (Å²) >= 11 is 0. The monoisotopic (exact) mass is 326 g/mol. The Morgan fingerprint density at radius 3 is 2.77 bits per heavy atom. The topological polar surface area (TPSA) is 75.7 Å². The molecule has 0 saturated heterocycles. The van der Waals surface area contributed by atoms with Crippen molar-refractivity contribution in [3.8, 4) is 5.75 Å². The molecule has 0 radical (unpaired) electrons. The van der Waals surface area contributed by atoms with Gasteiger partial charge in [-0.1, -0.05) is 6.92 Å². The second-order valence-electron chi connectivity index (χ2n) is 5.62. The van der Waals surface area contributed by atoms with E-state index in [1.165, 1.54) is 19.1 Å². The molecule has 1 aromatic rings. The van der Waals surface area contributed by atoms with E-state index in [1.54, 1.807) is 11.0 Å². The minimum absolute atomic E-state index is 0.128. The number of nitrogens with one attached hydrogen (secondary N) is 1. The molecule has 0 bridgehead atoms. The van der Waals surface area contributed by atoms with Crippen LogP contribution >= 0.6 is 0 Å². The number of amides is 1. The van der Waals surface area contributed by atoms with E-state index in [2.05, 4.69) is 4.72 Å². The zero-order valence-corrected chi connectivity index (χ0v) is 14.1. The molecule has 6 nitrogen and oxygen atoms in total. The number of hydrogen-bond donors (Lipinski definition) is 1. The van der Waals surface area contributed by atoms with Crippen LogP contribution in [0.4, 0.5) is 5.69 Å². The summed E-state index contributed by atoms with van der Waals surface area (Å²) in [6.45, 7) is 7.45. The molecule has 2 atom stereocenters. The Balaban J connectivity index is 2.42. The standard InChI is InChI=1S/C15H22N2O4S/c1-5-10(2)16-22(19,20)13-6-7-15-14(8-13)17(12(4)18)9-11(3)21-15/h6-8,10-11,16H,5,9H2,1-4H3.